The molecule has 0 radical (unpaired) electrons. The molecule has 0 atom stereocenters. The molecule has 0 spiro atoms. The fourth-order valence-electron chi connectivity index (χ4n) is 0.937. The molecule has 1 N–H and O–H groups in total. The van der Waals surface area contributed by atoms with Crippen molar-refractivity contribution in [3.63, 3.8) is 0 Å². The maximum Gasteiger partial charge on any atom is 0.407 e. The Morgan fingerprint density at radius 2 is 2.47 bits per heavy atom. The Balaban J connectivity index is 2.41. The first-order chi connectivity index (χ1) is 7.02. The van der Waals surface area contributed by atoms with E-state index in [0.29, 0.717) is 19.0 Å². The predicted octanol–water partition coefficient (Wildman–Crippen LogP) is 1.17. The van der Waals surface area contributed by atoms with Gasteiger partial charge in [-0.2, -0.15) is 5.10 Å². The van der Waals surface area contributed by atoms with Gasteiger partial charge in [0.1, 0.15) is 6.61 Å². The Morgan fingerprint density at radius 3 is 2.93 bits per heavy atom. The number of likely N-dealkylation sites (N-methyl/N-ethyl adjacent to an activating group) is 1. The Hall–Kier alpha value is -1.24. The molecule has 0 fully saturated rings. The van der Waals surface area contributed by atoms with Gasteiger partial charge >= 0.3 is 6.09 Å². The van der Waals surface area contributed by atoms with Crippen molar-refractivity contribution in [2.24, 2.45) is 7.05 Å². The SMILES string of the molecule is CN(CCOc1c(Br)cnn1C)C(=O)O. The van der Waals surface area contributed by atoms with Gasteiger partial charge in [0.05, 0.1) is 17.2 Å². The first-order valence-electron chi connectivity index (χ1n) is 4.26. The maximum atomic E-state index is 10.5. The third-order valence-corrected chi connectivity index (χ3v) is 2.38. The van der Waals surface area contributed by atoms with Crippen LogP contribution in [0.3, 0.4) is 0 Å². The second-order valence-electron chi connectivity index (χ2n) is 2.97. The normalized spacial score (nSPS) is 10.1. The van der Waals surface area contributed by atoms with Gasteiger partial charge in [-0.15, -0.1) is 0 Å². The van der Waals surface area contributed by atoms with Crippen molar-refractivity contribution in [3.8, 4) is 5.88 Å². The molecule has 1 amide bonds. The second kappa shape index (κ2) is 5.01. The predicted molar refractivity (Wildman–Crippen MR) is 57.1 cm³/mol. The highest BCUT2D eigenvalue weighted by atomic mass is 79.9. The minimum Gasteiger partial charge on any atom is -0.475 e. The lowest BCUT2D eigenvalue weighted by atomic mass is 10.6. The monoisotopic (exact) mass is 277 g/mol. The number of rotatable bonds is 4. The summed E-state index contributed by atoms with van der Waals surface area (Å²) in [6, 6.07) is 0. The molecular weight excluding hydrogens is 266 g/mol. The molecule has 84 valence electrons. The maximum absolute atomic E-state index is 10.5. The van der Waals surface area contributed by atoms with Gasteiger partial charge < -0.3 is 14.7 Å². The fourth-order valence-corrected chi connectivity index (χ4v) is 1.40. The summed E-state index contributed by atoms with van der Waals surface area (Å²) in [5.41, 5.74) is 0. The lowest BCUT2D eigenvalue weighted by molar-refractivity contribution is 0.145. The highest BCUT2D eigenvalue weighted by Crippen LogP contribution is 2.22. The Kier molecular flexibility index (Phi) is 3.96. The molecule has 0 aliphatic rings. The summed E-state index contributed by atoms with van der Waals surface area (Å²) in [7, 11) is 3.24. The van der Waals surface area contributed by atoms with E-state index in [1.165, 1.54) is 7.05 Å². The molecule has 1 rings (SSSR count). The van der Waals surface area contributed by atoms with Gasteiger partial charge in [-0.05, 0) is 15.9 Å². The molecular formula is C8H12BrN3O3. The minimum absolute atomic E-state index is 0.293. The van der Waals surface area contributed by atoms with Crippen LogP contribution in [0.5, 0.6) is 5.88 Å². The zero-order chi connectivity index (χ0) is 11.4. The van der Waals surface area contributed by atoms with Crippen LogP contribution in [0.25, 0.3) is 0 Å². The molecule has 6 nitrogen and oxygen atoms in total. The third-order valence-electron chi connectivity index (χ3n) is 1.83. The molecule has 1 aromatic heterocycles. The van der Waals surface area contributed by atoms with E-state index in [1.807, 2.05) is 0 Å². The smallest absolute Gasteiger partial charge is 0.407 e. The van der Waals surface area contributed by atoms with E-state index < -0.39 is 6.09 Å². The van der Waals surface area contributed by atoms with E-state index in [4.69, 9.17) is 9.84 Å². The standard InChI is InChI=1S/C8H12BrN3O3/c1-11(8(13)14)3-4-15-7-6(9)5-10-12(7)2/h5H,3-4H2,1-2H3,(H,13,14). The molecule has 0 saturated heterocycles. The lowest BCUT2D eigenvalue weighted by Crippen LogP contribution is -2.29. The van der Waals surface area contributed by atoms with E-state index in [0.717, 1.165) is 9.37 Å². The van der Waals surface area contributed by atoms with Crippen molar-refractivity contribution in [2.45, 2.75) is 0 Å². The first-order valence-corrected chi connectivity index (χ1v) is 5.06. The van der Waals surface area contributed by atoms with Gasteiger partial charge in [0.15, 0.2) is 0 Å². The molecule has 1 aromatic rings. The lowest BCUT2D eigenvalue weighted by Gasteiger charge is -2.13. The molecule has 0 aliphatic heterocycles. The van der Waals surface area contributed by atoms with Crippen LogP contribution in [0.15, 0.2) is 10.7 Å². The summed E-state index contributed by atoms with van der Waals surface area (Å²) in [6.07, 6.45) is 0.652. The largest absolute Gasteiger partial charge is 0.475 e. The quantitative estimate of drug-likeness (QED) is 0.897. The van der Waals surface area contributed by atoms with Gasteiger partial charge in [-0.3, -0.25) is 0 Å². The molecule has 15 heavy (non-hydrogen) atoms. The van der Waals surface area contributed by atoms with Gasteiger partial charge in [-0.1, -0.05) is 0 Å². The van der Waals surface area contributed by atoms with Gasteiger partial charge in [0.2, 0.25) is 5.88 Å². The molecule has 0 aromatic carbocycles. The fraction of sp³-hybridized carbons (Fsp3) is 0.500. The van der Waals surface area contributed by atoms with E-state index in [-0.39, 0.29) is 0 Å². The number of ether oxygens (including phenoxy) is 1. The van der Waals surface area contributed by atoms with Crippen LogP contribution >= 0.6 is 15.9 Å². The molecule has 0 saturated carbocycles. The summed E-state index contributed by atoms with van der Waals surface area (Å²) >= 11 is 3.27. The highest BCUT2D eigenvalue weighted by Gasteiger charge is 2.09. The summed E-state index contributed by atoms with van der Waals surface area (Å²) in [4.78, 5) is 11.6. The molecule has 7 heteroatoms. The van der Waals surface area contributed by atoms with Crippen molar-refractivity contribution in [1.29, 1.82) is 0 Å². The number of amides is 1. The summed E-state index contributed by atoms with van der Waals surface area (Å²) in [5, 5.41) is 12.6. The third kappa shape index (κ3) is 3.12. The number of carbonyl (C=O) groups is 1. The number of hydrogen-bond donors (Lipinski definition) is 1. The minimum atomic E-state index is -0.970. The van der Waals surface area contributed by atoms with E-state index in [2.05, 4.69) is 21.0 Å². The van der Waals surface area contributed by atoms with E-state index in [1.54, 1.807) is 17.9 Å². The summed E-state index contributed by atoms with van der Waals surface area (Å²) in [5.74, 6) is 0.591. The van der Waals surface area contributed by atoms with Crippen LogP contribution in [-0.2, 0) is 7.05 Å². The van der Waals surface area contributed by atoms with Crippen molar-refractivity contribution in [3.05, 3.63) is 10.7 Å². The zero-order valence-corrected chi connectivity index (χ0v) is 10.1. The van der Waals surface area contributed by atoms with E-state index in [9.17, 15) is 4.79 Å². The highest BCUT2D eigenvalue weighted by molar-refractivity contribution is 9.10. The topological polar surface area (TPSA) is 67.6 Å². The molecule has 0 unspecified atom stereocenters. The van der Waals surface area contributed by atoms with Crippen LogP contribution in [-0.4, -0.2) is 46.1 Å². The zero-order valence-electron chi connectivity index (χ0n) is 8.47. The van der Waals surface area contributed by atoms with Crippen LogP contribution in [0.2, 0.25) is 0 Å². The van der Waals surface area contributed by atoms with Crippen LogP contribution < -0.4 is 4.74 Å². The van der Waals surface area contributed by atoms with Gasteiger partial charge in [0, 0.05) is 14.1 Å². The molecule has 0 aliphatic carbocycles. The van der Waals surface area contributed by atoms with Crippen molar-refractivity contribution in [1.82, 2.24) is 14.7 Å². The number of nitrogens with zero attached hydrogens (tertiary/aromatic N) is 3. The number of carboxylic acid groups (broad SMARTS) is 1. The van der Waals surface area contributed by atoms with Crippen LogP contribution in [0, 0.1) is 0 Å². The Morgan fingerprint density at radius 1 is 1.80 bits per heavy atom. The molecule has 0 bridgehead atoms. The Bertz CT molecular complexity index is 333. The number of aryl methyl sites for hydroxylation is 1. The summed E-state index contributed by atoms with van der Waals surface area (Å²) in [6.45, 7) is 0.605. The van der Waals surface area contributed by atoms with E-state index >= 15 is 0 Å². The van der Waals surface area contributed by atoms with Crippen molar-refractivity contribution >= 4 is 22.0 Å². The Labute approximate surface area is 95.6 Å². The average molecular weight is 278 g/mol. The summed E-state index contributed by atoms with van der Waals surface area (Å²) < 4.78 is 7.70. The average Bonchev–Trinajstić information content (AvgIpc) is 2.48. The van der Waals surface area contributed by atoms with Gasteiger partial charge in [0.25, 0.3) is 0 Å². The second-order valence-corrected chi connectivity index (χ2v) is 3.83. The molecule has 1 heterocycles. The van der Waals surface area contributed by atoms with Crippen molar-refractivity contribution < 1.29 is 14.6 Å². The van der Waals surface area contributed by atoms with Crippen LogP contribution in [0.1, 0.15) is 0 Å². The van der Waals surface area contributed by atoms with Crippen LogP contribution in [0.4, 0.5) is 4.79 Å². The van der Waals surface area contributed by atoms with Crippen molar-refractivity contribution in [2.75, 3.05) is 20.2 Å². The number of aromatic nitrogens is 2. The number of hydrogen-bond acceptors (Lipinski definition) is 3. The van der Waals surface area contributed by atoms with Gasteiger partial charge in [-0.25, -0.2) is 9.48 Å². The number of halogens is 1. The first kappa shape index (κ1) is 11.8.